The van der Waals surface area contributed by atoms with E-state index in [9.17, 15) is 19.5 Å². The monoisotopic (exact) mass is 499 g/mol. The van der Waals surface area contributed by atoms with Crippen molar-refractivity contribution in [2.45, 2.75) is 16.6 Å². The topological polar surface area (TPSA) is 176 Å². The fourth-order valence-corrected chi connectivity index (χ4v) is 5.96. The largest absolute Gasteiger partial charge is 0.484 e. The highest BCUT2D eigenvalue weighted by atomic mass is 32.2. The minimum Gasteiger partial charge on any atom is -0.484 e. The van der Waals surface area contributed by atoms with Gasteiger partial charge in [-0.15, -0.1) is 11.8 Å². The van der Waals surface area contributed by atoms with Crippen LogP contribution in [0.4, 0.5) is 5.82 Å². The van der Waals surface area contributed by atoms with Crippen LogP contribution >= 0.6 is 23.5 Å². The molecule has 4 heterocycles. The molecule has 0 bridgehead atoms. The van der Waals surface area contributed by atoms with Gasteiger partial charge >= 0.3 is 5.97 Å². The highest BCUT2D eigenvalue weighted by molar-refractivity contribution is 8.06. The molecule has 0 spiro atoms. The molecule has 2 aromatic heterocycles. The molecule has 5 rings (SSSR count). The fraction of sp³-hybridized carbons (Fsp3) is 0.200. The number of β-lactam (4-membered cyclic amide) rings is 1. The first-order valence-electron chi connectivity index (χ1n) is 9.95. The lowest BCUT2D eigenvalue weighted by Gasteiger charge is -2.49. The van der Waals surface area contributed by atoms with Gasteiger partial charge < -0.3 is 20.9 Å². The van der Waals surface area contributed by atoms with E-state index >= 15 is 0 Å². The Morgan fingerprint density at radius 2 is 2.12 bits per heavy atom. The number of carboxylic acids is 1. The number of ether oxygens (including phenoxy) is 1. The lowest BCUT2D eigenvalue weighted by molar-refractivity contribution is -0.150. The third-order valence-electron chi connectivity index (χ3n) is 5.10. The Balaban J connectivity index is 1.29. The number of amides is 2. The van der Waals surface area contributed by atoms with E-state index in [0.29, 0.717) is 21.7 Å². The number of carboxylic acid groups (broad SMARTS) is 1. The number of nitrogens with zero attached hydrogens (tertiary/aromatic N) is 4. The zero-order chi connectivity index (χ0) is 23.8. The molecule has 1 unspecified atom stereocenters. The number of thioether (sulfide) groups is 2. The van der Waals surface area contributed by atoms with Gasteiger partial charge in [-0.2, -0.15) is 5.10 Å². The van der Waals surface area contributed by atoms with Gasteiger partial charge in [-0.3, -0.25) is 19.6 Å². The van der Waals surface area contributed by atoms with Gasteiger partial charge in [0.1, 0.15) is 28.7 Å². The summed E-state index contributed by atoms with van der Waals surface area (Å²) in [7, 11) is 0. The van der Waals surface area contributed by atoms with E-state index in [2.05, 4.69) is 25.5 Å². The van der Waals surface area contributed by atoms with E-state index in [1.807, 2.05) is 6.07 Å². The summed E-state index contributed by atoms with van der Waals surface area (Å²) < 4.78 is 5.40. The molecular formula is C20H17N7O5S2. The van der Waals surface area contributed by atoms with Crippen molar-refractivity contribution in [2.75, 3.05) is 18.1 Å². The minimum absolute atomic E-state index is 0.156. The van der Waals surface area contributed by atoms with Crippen molar-refractivity contribution in [3.8, 4) is 5.75 Å². The molecule has 1 saturated heterocycles. The van der Waals surface area contributed by atoms with Gasteiger partial charge in [0, 0.05) is 10.7 Å². The highest BCUT2D eigenvalue weighted by Gasteiger charge is 2.54. The zero-order valence-electron chi connectivity index (χ0n) is 17.3. The van der Waals surface area contributed by atoms with Gasteiger partial charge in [-0.1, -0.05) is 30.0 Å². The van der Waals surface area contributed by atoms with Crippen LogP contribution in [0, 0.1) is 0 Å². The Labute approximate surface area is 200 Å². The molecule has 2 aliphatic rings. The summed E-state index contributed by atoms with van der Waals surface area (Å²) in [4.78, 5) is 47.2. The maximum Gasteiger partial charge on any atom is 0.353 e. The summed E-state index contributed by atoms with van der Waals surface area (Å²) >= 11 is 2.36. The van der Waals surface area contributed by atoms with Crippen LogP contribution < -0.4 is 15.8 Å². The molecular weight excluding hydrogens is 482 g/mol. The SMILES string of the molecule is Nc1nc(SC2=C(C(=O)O)N3C(=O)C(NC(=O)COc4ccccc4)[C@H]3SC2)nc2[nH]ncc12. The van der Waals surface area contributed by atoms with E-state index in [-0.39, 0.29) is 29.0 Å². The molecule has 34 heavy (non-hydrogen) atoms. The molecule has 3 aromatic rings. The van der Waals surface area contributed by atoms with Crippen LogP contribution in [0.3, 0.4) is 0 Å². The van der Waals surface area contributed by atoms with Crippen LogP contribution in [0.15, 0.2) is 52.3 Å². The number of hydrogen-bond donors (Lipinski definition) is 4. The van der Waals surface area contributed by atoms with Crippen molar-refractivity contribution in [1.82, 2.24) is 30.4 Å². The molecule has 2 amide bonds. The number of nitrogens with one attached hydrogen (secondary N) is 2. The van der Waals surface area contributed by atoms with Crippen LogP contribution in [0.2, 0.25) is 0 Å². The van der Waals surface area contributed by atoms with Gasteiger partial charge in [0.2, 0.25) is 0 Å². The molecule has 0 radical (unpaired) electrons. The minimum atomic E-state index is -1.26. The first-order chi connectivity index (χ1) is 16.4. The zero-order valence-corrected chi connectivity index (χ0v) is 18.9. The molecule has 2 aliphatic heterocycles. The van der Waals surface area contributed by atoms with Crippen molar-refractivity contribution >= 4 is 58.2 Å². The molecule has 14 heteroatoms. The van der Waals surface area contributed by atoms with E-state index in [1.54, 1.807) is 24.3 Å². The molecule has 174 valence electrons. The van der Waals surface area contributed by atoms with Crippen molar-refractivity contribution in [3.63, 3.8) is 0 Å². The molecule has 0 saturated carbocycles. The maximum absolute atomic E-state index is 12.8. The predicted octanol–water partition coefficient (Wildman–Crippen LogP) is 0.802. The summed E-state index contributed by atoms with van der Waals surface area (Å²) in [6.07, 6.45) is 1.50. The van der Waals surface area contributed by atoms with E-state index in [4.69, 9.17) is 10.5 Å². The van der Waals surface area contributed by atoms with Gasteiger partial charge in [0.25, 0.3) is 11.8 Å². The van der Waals surface area contributed by atoms with Gasteiger partial charge in [-0.05, 0) is 12.1 Å². The quantitative estimate of drug-likeness (QED) is 0.267. The number of carbonyl (C=O) groups is 3. The Kier molecular flexibility index (Phi) is 5.75. The van der Waals surface area contributed by atoms with Gasteiger partial charge in [0.15, 0.2) is 17.4 Å². The lowest BCUT2D eigenvalue weighted by Crippen LogP contribution is -2.70. The Hall–Kier alpha value is -3.78. The van der Waals surface area contributed by atoms with Gasteiger partial charge in [0.05, 0.1) is 11.6 Å². The van der Waals surface area contributed by atoms with Gasteiger partial charge in [-0.25, -0.2) is 14.8 Å². The number of fused-ring (bicyclic) bond motifs is 2. The number of aromatic amines is 1. The fourth-order valence-electron chi connectivity index (χ4n) is 3.54. The summed E-state index contributed by atoms with van der Waals surface area (Å²) in [6, 6.07) is 7.97. The summed E-state index contributed by atoms with van der Waals surface area (Å²) in [6.45, 7) is -0.261. The Morgan fingerprint density at radius 3 is 2.88 bits per heavy atom. The average molecular weight is 500 g/mol. The number of rotatable bonds is 7. The second kappa shape index (κ2) is 8.87. The van der Waals surface area contributed by atoms with Crippen LogP contribution in [-0.4, -0.2) is 71.7 Å². The molecule has 1 fully saturated rings. The van der Waals surface area contributed by atoms with Crippen molar-refractivity contribution < 1.29 is 24.2 Å². The summed E-state index contributed by atoms with van der Waals surface area (Å²) in [5.41, 5.74) is 6.20. The number of carbonyl (C=O) groups excluding carboxylic acids is 2. The van der Waals surface area contributed by atoms with E-state index < -0.39 is 29.2 Å². The van der Waals surface area contributed by atoms with Crippen LogP contribution in [0.5, 0.6) is 5.75 Å². The number of aromatic nitrogens is 4. The third-order valence-corrected chi connectivity index (χ3v) is 7.51. The van der Waals surface area contributed by atoms with E-state index in [0.717, 1.165) is 11.8 Å². The smallest absolute Gasteiger partial charge is 0.353 e. The number of anilines is 1. The lowest BCUT2D eigenvalue weighted by atomic mass is 10.1. The Morgan fingerprint density at radius 1 is 1.32 bits per heavy atom. The predicted molar refractivity (Wildman–Crippen MR) is 124 cm³/mol. The average Bonchev–Trinajstić information content (AvgIpc) is 3.31. The number of nitrogens with two attached hydrogens (primary N) is 1. The molecule has 12 nitrogen and oxygen atoms in total. The summed E-state index contributed by atoms with van der Waals surface area (Å²) in [5, 5.41) is 19.3. The number of hydrogen-bond acceptors (Lipinski definition) is 10. The number of benzene rings is 1. The third kappa shape index (κ3) is 4.01. The van der Waals surface area contributed by atoms with Crippen molar-refractivity contribution in [3.05, 3.63) is 47.1 Å². The molecule has 5 N–H and O–H groups in total. The molecule has 0 aliphatic carbocycles. The van der Waals surface area contributed by atoms with Crippen LogP contribution in [0.25, 0.3) is 11.0 Å². The standard InChI is InChI=1S/C20H17N7O5S2/c21-15-10-6-22-26-16(10)25-20(24-15)34-11-8-33-18-13(17(29)27(18)14(11)19(30)31)23-12(28)7-32-9-4-2-1-3-5-9/h1-6,13,18H,7-8H2,(H,23,28)(H,30,31)(H3,21,22,24,25,26)/t13?,18-/m1/s1. The number of aliphatic carboxylic acids is 1. The Bertz CT molecular complexity index is 1330. The first kappa shape index (κ1) is 22.0. The molecule has 2 atom stereocenters. The van der Waals surface area contributed by atoms with Crippen LogP contribution in [0.1, 0.15) is 0 Å². The van der Waals surface area contributed by atoms with Crippen molar-refractivity contribution in [1.29, 1.82) is 0 Å². The normalized spacial score (nSPS) is 19.5. The second-order valence-corrected chi connectivity index (χ2v) is 9.43. The molecule has 1 aromatic carbocycles. The highest BCUT2D eigenvalue weighted by Crippen LogP contribution is 2.44. The van der Waals surface area contributed by atoms with Crippen LogP contribution in [-0.2, 0) is 14.4 Å². The number of H-pyrrole nitrogens is 1. The second-order valence-electron chi connectivity index (χ2n) is 7.26. The maximum atomic E-state index is 12.8. The van der Waals surface area contributed by atoms with Crippen molar-refractivity contribution in [2.24, 2.45) is 0 Å². The van der Waals surface area contributed by atoms with E-state index in [1.165, 1.54) is 22.9 Å². The number of para-hydroxylation sites is 1. The number of nitrogen functional groups attached to an aromatic ring is 1. The first-order valence-corrected chi connectivity index (χ1v) is 11.8. The summed E-state index contributed by atoms with van der Waals surface area (Å²) in [5.74, 6) is -1.21.